The van der Waals surface area contributed by atoms with Gasteiger partial charge in [0.1, 0.15) is 5.82 Å². The van der Waals surface area contributed by atoms with Crippen molar-refractivity contribution in [3.63, 3.8) is 0 Å². The van der Waals surface area contributed by atoms with Gasteiger partial charge in [-0.3, -0.25) is 14.7 Å². The molecule has 1 aliphatic heterocycles. The van der Waals surface area contributed by atoms with Crippen LogP contribution >= 0.6 is 15.9 Å². The van der Waals surface area contributed by atoms with Gasteiger partial charge in [-0.25, -0.2) is 19.7 Å². The van der Waals surface area contributed by atoms with Crippen molar-refractivity contribution in [1.82, 2.24) is 20.2 Å². The van der Waals surface area contributed by atoms with Crippen LogP contribution in [0.2, 0.25) is 0 Å². The number of aromatic nitrogens is 2. The fraction of sp³-hybridized carbons (Fsp3) is 0.308. The minimum Gasteiger partial charge on any atom is -0.396 e. The van der Waals surface area contributed by atoms with Crippen molar-refractivity contribution in [2.75, 3.05) is 25.0 Å². The van der Waals surface area contributed by atoms with Crippen molar-refractivity contribution in [3.05, 3.63) is 65.1 Å². The molecular weight excluding hydrogens is 559 g/mol. The van der Waals surface area contributed by atoms with Crippen LogP contribution in [0, 0.1) is 11.7 Å². The molecule has 2 aromatic carbocycles. The number of nitrogens with zero attached hydrogens (tertiary/aromatic N) is 4. The zero-order valence-corrected chi connectivity index (χ0v) is 22.1. The molecule has 38 heavy (non-hydrogen) atoms. The highest BCUT2D eigenvalue weighted by Gasteiger charge is 2.30. The lowest BCUT2D eigenvalue weighted by molar-refractivity contribution is -0.118. The summed E-state index contributed by atoms with van der Waals surface area (Å²) in [6.07, 6.45) is 5.14. The molecule has 0 unspecified atom stereocenters. The van der Waals surface area contributed by atoms with Crippen LogP contribution in [0.3, 0.4) is 0 Å². The minimum atomic E-state index is -0.460. The number of piperidine rings is 1. The molecule has 1 saturated heterocycles. The number of anilines is 1. The quantitative estimate of drug-likeness (QED) is 0.176. The van der Waals surface area contributed by atoms with Crippen LogP contribution in [0.1, 0.15) is 19.3 Å². The van der Waals surface area contributed by atoms with Gasteiger partial charge in [0, 0.05) is 49.6 Å². The zero-order valence-electron chi connectivity index (χ0n) is 20.5. The van der Waals surface area contributed by atoms with E-state index in [1.165, 1.54) is 18.2 Å². The number of aryl methyl sites for hydroxylation is 1. The van der Waals surface area contributed by atoms with Gasteiger partial charge in [0.05, 0.1) is 16.4 Å². The standard InChI is InChI=1S/C26H28BrFN6O4/c27-22-14-21(6-7-23(22)28)30-25(32-38)24(36)18-8-11-33(12-9-18)26(37)31-20-4-2-17(3-5-20)19-15-29-34(16-19)10-1-13-35/h2-7,14-16,18,35,38H,1,8-13H2,(H,30,32)(H,31,37). The smallest absolute Gasteiger partial charge is 0.321 e. The molecule has 200 valence electrons. The van der Waals surface area contributed by atoms with Crippen LogP contribution in [0.5, 0.6) is 0 Å². The van der Waals surface area contributed by atoms with Crippen LogP contribution in [-0.4, -0.2) is 62.3 Å². The van der Waals surface area contributed by atoms with Crippen LogP contribution in [-0.2, 0) is 11.3 Å². The number of benzene rings is 2. The molecule has 4 rings (SSSR count). The van der Waals surface area contributed by atoms with Gasteiger partial charge in [0.15, 0.2) is 5.84 Å². The molecule has 4 N–H and O–H groups in total. The number of nitrogens with one attached hydrogen (secondary N) is 2. The van der Waals surface area contributed by atoms with Gasteiger partial charge in [-0.2, -0.15) is 5.10 Å². The molecule has 2 heterocycles. The highest BCUT2D eigenvalue weighted by molar-refractivity contribution is 9.10. The molecule has 0 spiro atoms. The maximum atomic E-state index is 13.5. The molecule has 12 heteroatoms. The number of carbonyl (C=O) groups is 2. The number of carbonyl (C=O) groups excluding carboxylic acids is 2. The van der Waals surface area contributed by atoms with Crippen molar-refractivity contribution in [1.29, 1.82) is 0 Å². The highest BCUT2D eigenvalue weighted by Crippen LogP contribution is 2.25. The number of amidine groups is 1. The molecule has 0 atom stereocenters. The lowest BCUT2D eigenvalue weighted by Crippen LogP contribution is -2.44. The number of halogens is 2. The summed E-state index contributed by atoms with van der Waals surface area (Å²) >= 11 is 3.07. The minimum absolute atomic E-state index is 0.114. The highest BCUT2D eigenvalue weighted by atomic mass is 79.9. The number of hydrogen-bond donors (Lipinski definition) is 4. The third-order valence-electron chi connectivity index (χ3n) is 6.28. The second kappa shape index (κ2) is 12.8. The van der Waals surface area contributed by atoms with E-state index in [0.717, 1.165) is 11.1 Å². The summed E-state index contributed by atoms with van der Waals surface area (Å²) in [5.74, 6) is -1.48. The average Bonchev–Trinajstić information content (AvgIpc) is 3.41. The number of aliphatic imine (C=N–C) groups is 1. The van der Waals surface area contributed by atoms with Gasteiger partial charge < -0.3 is 15.3 Å². The summed E-state index contributed by atoms with van der Waals surface area (Å²) in [6, 6.07) is 11.2. The normalized spacial score (nSPS) is 14.4. The summed E-state index contributed by atoms with van der Waals surface area (Å²) in [5.41, 5.74) is 4.72. The first-order valence-electron chi connectivity index (χ1n) is 12.2. The fourth-order valence-corrected chi connectivity index (χ4v) is 4.54. The number of hydrogen-bond acceptors (Lipinski definition) is 6. The van der Waals surface area contributed by atoms with Gasteiger partial charge >= 0.3 is 6.03 Å². The largest absolute Gasteiger partial charge is 0.396 e. The van der Waals surface area contributed by atoms with E-state index in [1.54, 1.807) is 15.8 Å². The van der Waals surface area contributed by atoms with E-state index in [4.69, 9.17) is 5.11 Å². The summed E-state index contributed by atoms with van der Waals surface area (Å²) in [7, 11) is 0. The lowest BCUT2D eigenvalue weighted by Gasteiger charge is -2.31. The third-order valence-corrected chi connectivity index (χ3v) is 6.89. The van der Waals surface area contributed by atoms with Crippen LogP contribution < -0.4 is 10.8 Å². The van der Waals surface area contributed by atoms with E-state index in [2.05, 4.69) is 31.3 Å². The number of rotatable bonds is 8. The average molecular weight is 587 g/mol. The van der Waals surface area contributed by atoms with Crippen LogP contribution in [0.15, 0.2) is 64.3 Å². The molecule has 0 bridgehead atoms. The van der Waals surface area contributed by atoms with Crippen molar-refractivity contribution < 1.29 is 24.3 Å². The first kappa shape index (κ1) is 27.4. The Hall–Kier alpha value is -3.61. The summed E-state index contributed by atoms with van der Waals surface area (Å²) < 4.78 is 15.4. The molecule has 1 aromatic heterocycles. The molecular formula is C26H28BrFN6O4. The number of ketones is 1. The molecule has 10 nitrogen and oxygen atoms in total. The summed E-state index contributed by atoms with van der Waals surface area (Å²) in [6.45, 7) is 1.49. The Morgan fingerprint density at radius 1 is 1.13 bits per heavy atom. The van der Waals surface area contributed by atoms with E-state index in [1.807, 2.05) is 35.9 Å². The zero-order chi connectivity index (χ0) is 27.1. The molecule has 1 fully saturated rings. The number of Topliss-reactive ketones (excluding diaryl/α,β-unsaturated/α-hetero) is 1. The Morgan fingerprint density at radius 2 is 1.87 bits per heavy atom. The third kappa shape index (κ3) is 6.82. The van der Waals surface area contributed by atoms with Crippen molar-refractivity contribution in [2.24, 2.45) is 10.9 Å². The Kier molecular flexibility index (Phi) is 9.21. The van der Waals surface area contributed by atoms with Gasteiger partial charge in [-0.1, -0.05) is 12.1 Å². The summed E-state index contributed by atoms with van der Waals surface area (Å²) in [4.78, 5) is 31.4. The number of aliphatic hydroxyl groups excluding tert-OH is 1. The van der Waals surface area contributed by atoms with Gasteiger partial charge in [-0.05, 0) is 71.1 Å². The monoisotopic (exact) mass is 586 g/mol. The second-order valence-corrected chi connectivity index (χ2v) is 9.73. The Balaban J connectivity index is 1.30. The van der Waals surface area contributed by atoms with E-state index >= 15 is 0 Å². The number of urea groups is 1. The molecule has 2 amide bonds. The van der Waals surface area contributed by atoms with Crippen molar-refractivity contribution in [3.8, 4) is 11.1 Å². The first-order chi connectivity index (χ1) is 18.4. The Labute approximate surface area is 227 Å². The topological polar surface area (TPSA) is 132 Å². The molecule has 0 aliphatic carbocycles. The summed E-state index contributed by atoms with van der Waals surface area (Å²) in [5, 5.41) is 25.6. The predicted molar refractivity (Wildman–Crippen MR) is 144 cm³/mol. The van der Waals surface area contributed by atoms with Gasteiger partial charge in [0.2, 0.25) is 5.78 Å². The maximum Gasteiger partial charge on any atom is 0.321 e. The van der Waals surface area contributed by atoms with E-state index in [0.29, 0.717) is 50.3 Å². The number of hydroxylamine groups is 1. The molecule has 0 radical (unpaired) electrons. The predicted octanol–water partition coefficient (Wildman–Crippen LogP) is 4.36. The Bertz CT molecular complexity index is 1310. The first-order valence-corrected chi connectivity index (χ1v) is 12.9. The van der Waals surface area contributed by atoms with E-state index in [9.17, 15) is 19.2 Å². The molecule has 3 aromatic rings. The van der Waals surface area contributed by atoms with Crippen molar-refractivity contribution >= 4 is 45.0 Å². The molecule has 1 aliphatic rings. The maximum absolute atomic E-state index is 13.5. The van der Waals surface area contributed by atoms with Gasteiger partial charge in [0.25, 0.3) is 0 Å². The number of aliphatic hydroxyl groups is 1. The molecule has 0 saturated carbocycles. The van der Waals surface area contributed by atoms with E-state index < -0.39 is 11.7 Å². The number of amides is 2. The van der Waals surface area contributed by atoms with E-state index in [-0.39, 0.29) is 28.7 Å². The van der Waals surface area contributed by atoms with Crippen molar-refractivity contribution in [2.45, 2.75) is 25.8 Å². The van der Waals surface area contributed by atoms with Gasteiger partial charge in [-0.15, -0.1) is 0 Å². The Morgan fingerprint density at radius 3 is 2.53 bits per heavy atom. The van der Waals surface area contributed by atoms with Crippen LogP contribution in [0.25, 0.3) is 11.1 Å². The SMILES string of the molecule is O=C(C(=Nc1ccc(F)c(Br)c1)NO)C1CCN(C(=O)Nc2ccc(-c3cnn(CCCO)c3)cc2)CC1. The fourth-order valence-electron chi connectivity index (χ4n) is 4.17. The number of likely N-dealkylation sites (tertiary alicyclic amines) is 1. The second-order valence-electron chi connectivity index (χ2n) is 8.87. The lowest BCUT2D eigenvalue weighted by atomic mass is 9.92. The van der Waals surface area contributed by atoms with Crippen LogP contribution in [0.4, 0.5) is 20.6 Å².